The minimum Gasteiger partial charge on any atom is -0.467 e. The molecule has 0 spiro atoms. The molecule has 1 aromatic rings. The van der Waals surface area contributed by atoms with Crippen molar-refractivity contribution in [2.24, 2.45) is 0 Å². The predicted molar refractivity (Wildman–Crippen MR) is 71.0 cm³/mol. The lowest BCUT2D eigenvalue weighted by atomic mass is 10.1. The second-order valence-electron chi connectivity index (χ2n) is 4.39. The molecule has 0 aliphatic heterocycles. The highest BCUT2D eigenvalue weighted by Gasteiger charge is 2.25. The zero-order valence-electron chi connectivity index (χ0n) is 11.5. The maximum absolute atomic E-state index is 12.2. The number of hydrogen-bond donors (Lipinski definition) is 2. The second-order valence-corrected chi connectivity index (χ2v) is 4.39. The fraction of sp³-hybridized carbons (Fsp3) is 0.429. The highest BCUT2D eigenvalue weighted by Crippen LogP contribution is 2.11. The zero-order chi connectivity index (χ0) is 15.8. The average molecular weight is 301 g/mol. The standard InChI is InChI=1S/C14H17F2NO4/c1-21-14(20)10(7-8-11(18)12(15)16)17-13(19)9-5-3-2-4-6-9/h2-6,10-12,18H,7-8H2,1H3,(H,17,19). The molecule has 1 aromatic carbocycles. The number of esters is 1. The number of alkyl halides is 2. The van der Waals surface area contributed by atoms with E-state index in [1.807, 2.05) is 0 Å². The van der Waals surface area contributed by atoms with E-state index >= 15 is 0 Å². The molecule has 2 atom stereocenters. The van der Waals surface area contributed by atoms with Crippen molar-refractivity contribution in [1.29, 1.82) is 0 Å². The summed E-state index contributed by atoms with van der Waals surface area (Å²) in [5.41, 5.74) is 0.334. The summed E-state index contributed by atoms with van der Waals surface area (Å²) in [7, 11) is 1.13. The summed E-state index contributed by atoms with van der Waals surface area (Å²) >= 11 is 0. The van der Waals surface area contributed by atoms with Gasteiger partial charge in [0.2, 0.25) is 0 Å². The monoisotopic (exact) mass is 301 g/mol. The van der Waals surface area contributed by atoms with Gasteiger partial charge in [-0.2, -0.15) is 0 Å². The first-order valence-electron chi connectivity index (χ1n) is 6.35. The fourth-order valence-electron chi connectivity index (χ4n) is 1.69. The molecule has 0 heterocycles. The van der Waals surface area contributed by atoms with Gasteiger partial charge in [-0.15, -0.1) is 0 Å². The van der Waals surface area contributed by atoms with Gasteiger partial charge >= 0.3 is 5.97 Å². The molecule has 0 aliphatic rings. The van der Waals surface area contributed by atoms with Gasteiger partial charge in [0.25, 0.3) is 12.3 Å². The number of carbonyl (C=O) groups is 2. The lowest BCUT2D eigenvalue weighted by Gasteiger charge is -2.18. The number of amides is 1. The number of halogens is 2. The number of carbonyl (C=O) groups excluding carboxylic acids is 2. The molecule has 1 amide bonds. The molecule has 0 radical (unpaired) electrons. The first-order valence-corrected chi connectivity index (χ1v) is 6.35. The Bertz CT molecular complexity index is 467. The maximum atomic E-state index is 12.2. The Kier molecular flexibility index (Phi) is 6.74. The number of aliphatic hydroxyl groups excluding tert-OH is 1. The Morgan fingerprint density at radius 1 is 1.24 bits per heavy atom. The third kappa shape index (κ3) is 5.47. The van der Waals surface area contributed by atoms with Crippen LogP contribution in [-0.2, 0) is 9.53 Å². The molecule has 5 nitrogen and oxygen atoms in total. The second kappa shape index (κ2) is 8.31. The van der Waals surface area contributed by atoms with Crippen LogP contribution in [0.4, 0.5) is 8.78 Å². The van der Waals surface area contributed by atoms with Crippen LogP contribution in [0.15, 0.2) is 30.3 Å². The summed E-state index contributed by atoms with van der Waals surface area (Å²) in [4.78, 5) is 23.5. The molecule has 116 valence electrons. The van der Waals surface area contributed by atoms with Crippen molar-refractivity contribution in [3.8, 4) is 0 Å². The van der Waals surface area contributed by atoms with Crippen LogP contribution in [0.5, 0.6) is 0 Å². The lowest BCUT2D eigenvalue weighted by molar-refractivity contribution is -0.143. The first-order chi connectivity index (χ1) is 9.95. The molecule has 0 bridgehead atoms. The Morgan fingerprint density at radius 2 is 1.86 bits per heavy atom. The number of ether oxygens (including phenoxy) is 1. The summed E-state index contributed by atoms with van der Waals surface area (Å²) in [6.45, 7) is 0. The van der Waals surface area contributed by atoms with Crippen LogP contribution >= 0.6 is 0 Å². The summed E-state index contributed by atoms with van der Waals surface area (Å²) in [5, 5.41) is 11.5. The lowest BCUT2D eigenvalue weighted by Crippen LogP contribution is -2.42. The van der Waals surface area contributed by atoms with Crippen LogP contribution in [0.2, 0.25) is 0 Å². The van der Waals surface area contributed by atoms with E-state index in [-0.39, 0.29) is 12.8 Å². The summed E-state index contributed by atoms with van der Waals surface area (Å²) in [5.74, 6) is -1.27. The molecule has 7 heteroatoms. The van der Waals surface area contributed by atoms with E-state index in [0.717, 1.165) is 7.11 Å². The van der Waals surface area contributed by atoms with Crippen molar-refractivity contribution in [3.05, 3.63) is 35.9 Å². The van der Waals surface area contributed by atoms with Crippen molar-refractivity contribution in [2.75, 3.05) is 7.11 Å². The number of nitrogens with one attached hydrogen (secondary N) is 1. The topological polar surface area (TPSA) is 75.6 Å². The Labute approximate surface area is 120 Å². The fourth-order valence-corrected chi connectivity index (χ4v) is 1.69. The molecule has 2 N–H and O–H groups in total. The first kappa shape index (κ1) is 17.0. The van der Waals surface area contributed by atoms with Crippen molar-refractivity contribution >= 4 is 11.9 Å². The molecule has 0 fully saturated rings. The predicted octanol–water partition coefficient (Wildman–Crippen LogP) is 1.36. The van der Waals surface area contributed by atoms with Crippen molar-refractivity contribution in [2.45, 2.75) is 31.4 Å². The minimum absolute atomic E-state index is 0.142. The van der Waals surface area contributed by atoms with Gasteiger partial charge in [-0.05, 0) is 25.0 Å². The van der Waals surface area contributed by atoms with Gasteiger partial charge in [-0.25, -0.2) is 13.6 Å². The van der Waals surface area contributed by atoms with Crippen LogP contribution in [0, 0.1) is 0 Å². The Morgan fingerprint density at radius 3 is 2.38 bits per heavy atom. The number of aliphatic hydroxyl groups is 1. The molecule has 0 aliphatic carbocycles. The smallest absolute Gasteiger partial charge is 0.328 e. The van der Waals surface area contributed by atoms with Gasteiger partial charge < -0.3 is 15.2 Å². The molecule has 0 aromatic heterocycles. The largest absolute Gasteiger partial charge is 0.467 e. The van der Waals surface area contributed by atoms with E-state index in [0.29, 0.717) is 5.56 Å². The van der Waals surface area contributed by atoms with Gasteiger partial charge in [-0.3, -0.25) is 4.79 Å². The molecule has 1 rings (SSSR count). The van der Waals surface area contributed by atoms with Gasteiger partial charge in [0, 0.05) is 5.56 Å². The Balaban J connectivity index is 2.66. The molecule has 0 saturated carbocycles. The third-order valence-corrected chi connectivity index (χ3v) is 2.87. The van der Waals surface area contributed by atoms with Crippen LogP contribution in [-0.4, -0.2) is 42.7 Å². The van der Waals surface area contributed by atoms with Gasteiger partial charge in [0.05, 0.1) is 7.11 Å². The highest BCUT2D eigenvalue weighted by molar-refractivity contribution is 5.96. The van der Waals surface area contributed by atoms with Crippen molar-refractivity contribution in [1.82, 2.24) is 5.32 Å². The number of rotatable bonds is 7. The summed E-state index contributed by atoms with van der Waals surface area (Å²) < 4.78 is 29.0. The van der Waals surface area contributed by atoms with E-state index in [4.69, 9.17) is 5.11 Å². The van der Waals surface area contributed by atoms with Crippen LogP contribution in [0.3, 0.4) is 0 Å². The molecule has 21 heavy (non-hydrogen) atoms. The number of methoxy groups -OCH3 is 1. The van der Waals surface area contributed by atoms with E-state index < -0.39 is 30.4 Å². The third-order valence-electron chi connectivity index (χ3n) is 2.87. The van der Waals surface area contributed by atoms with E-state index in [2.05, 4.69) is 10.1 Å². The Hall–Kier alpha value is -2.02. The van der Waals surface area contributed by atoms with Crippen molar-refractivity contribution < 1.29 is 28.2 Å². The van der Waals surface area contributed by atoms with Crippen LogP contribution < -0.4 is 5.32 Å². The molecule has 2 unspecified atom stereocenters. The van der Waals surface area contributed by atoms with Crippen LogP contribution in [0.1, 0.15) is 23.2 Å². The van der Waals surface area contributed by atoms with Crippen LogP contribution in [0.25, 0.3) is 0 Å². The molecule has 0 saturated heterocycles. The van der Waals surface area contributed by atoms with Gasteiger partial charge in [-0.1, -0.05) is 18.2 Å². The number of benzene rings is 1. The van der Waals surface area contributed by atoms with Crippen molar-refractivity contribution in [3.63, 3.8) is 0 Å². The van der Waals surface area contributed by atoms with Gasteiger partial charge in [0.1, 0.15) is 12.1 Å². The van der Waals surface area contributed by atoms with Gasteiger partial charge in [0.15, 0.2) is 0 Å². The zero-order valence-corrected chi connectivity index (χ0v) is 11.5. The van der Waals surface area contributed by atoms with E-state index in [9.17, 15) is 18.4 Å². The normalized spacial score (nSPS) is 13.6. The quantitative estimate of drug-likeness (QED) is 0.746. The SMILES string of the molecule is COC(=O)C(CCC(O)C(F)F)NC(=O)c1ccccc1. The summed E-state index contributed by atoms with van der Waals surface area (Å²) in [6, 6.07) is 7.06. The molecular weight excluding hydrogens is 284 g/mol. The molecular formula is C14H17F2NO4. The highest BCUT2D eigenvalue weighted by atomic mass is 19.3. The number of hydrogen-bond acceptors (Lipinski definition) is 4. The average Bonchev–Trinajstić information content (AvgIpc) is 2.50. The summed E-state index contributed by atoms with van der Waals surface area (Å²) in [6.07, 6.45) is -5.21. The maximum Gasteiger partial charge on any atom is 0.328 e. The minimum atomic E-state index is -2.90. The van der Waals surface area contributed by atoms with E-state index in [1.54, 1.807) is 30.3 Å². The van der Waals surface area contributed by atoms with E-state index in [1.165, 1.54) is 0 Å².